The van der Waals surface area contributed by atoms with Gasteiger partial charge in [-0.05, 0) is 84.6 Å². The lowest BCUT2D eigenvalue weighted by Crippen LogP contribution is -2.30. The van der Waals surface area contributed by atoms with Crippen molar-refractivity contribution in [3.05, 3.63) is 52.5 Å². The Bertz CT molecular complexity index is 942. The first-order valence-electron chi connectivity index (χ1n) is 9.44. The van der Waals surface area contributed by atoms with Crippen LogP contribution >= 0.6 is 15.9 Å². The Morgan fingerprint density at radius 3 is 2.28 bits per heavy atom. The van der Waals surface area contributed by atoms with Gasteiger partial charge >= 0.3 is 0 Å². The third kappa shape index (κ3) is 7.13. The largest absolute Gasteiger partial charge is 0.492 e. The molecule has 2 aromatic rings. The molecule has 0 bridgehead atoms. The van der Waals surface area contributed by atoms with E-state index in [-0.39, 0.29) is 16.8 Å². The van der Waals surface area contributed by atoms with Crippen LogP contribution in [0.2, 0.25) is 0 Å². The minimum absolute atomic E-state index is 0.148. The molecule has 0 aliphatic carbocycles. The predicted molar refractivity (Wildman–Crippen MR) is 119 cm³/mol. The molecule has 2 N–H and O–H groups in total. The molecule has 0 spiro atoms. The molecule has 0 unspecified atom stereocenters. The van der Waals surface area contributed by atoms with E-state index in [1.165, 1.54) is 12.1 Å². The van der Waals surface area contributed by atoms with Gasteiger partial charge in [-0.2, -0.15) is 0 Å². The van der Waals surface area contributed by atoms with Crippen molar-refractivity contribution in [3.63, 3.8) is 0 Å². The summed E-state index contributed by atoms with van der Waals surface area (Å²) < 4.78 is 33.3. The molecule has 0 fully saturated rings. The standard InChI is InChI=1S/C21H27BrN2O4S/c1-14(2)11-12-28-20-10-5-16(13-19(20)22)21(25)23-17-6-8-18(9-7-17)29(26,27)24-15(3)4/h5-10,13-15,24H,11-12H2,1-4H3,(H,23,25). The number of rotatable bonds is 9. The first-order chi connectivity index (χ1) is 13.6. The lowest BCUT2D eigenvalue weighted by Gasteiger charge is -2.12. The smallest absolute Gasteiger partial charge is 0.255 e. The van der Waals surface area contributed by atoms with E-state index in [2.05, 4.69) is 39.8 Å². The van der Waals surface area contributed by atoms with Crippen LogP contribution in [0, 0.1) is 5.92 Å². The number of carbonyl (C=O) groups is 1. The highest BCUT2D eigenvalue weighted by Crippen LogP contribution is 2.27. The van der Waals surface area contributed by atoms with Gasteiger partial charge in [0, 0.05) is 17.3 Å². The van der Waals surface area contributed by atoms with Crippen LogP contribution in [-0.4, -0.2) is 27.0 Å². The molecule has 8 heteroatoms. The SMILES string of the molecule is CC(C)CCOc1ccc(C(=O)Nc2ccc(S(=O)(=O)NC(C)C)cc2)cc1Br. The lowest BCUT2D eigenvalue weighted by molar-refractivity contribution is 0.102. The summed E-state index contributed by atoms with van der Waals surface area (Å²) in [7, 11) is -3.56. The molecule has 0 aliphatic rings. The van der Waals surface area contributed by atoms with E-state index in [0.717, 1.165) is 6.42 Å². The Morgan fingerprint density at radius 2 is 1.72 bits per heavy atom. The van der Waals surface area contributed by atoms with E-state index in [1.807, 2.05) is 0 Å². The molecule has 0 saturated heterocycles. The maximum absolute atomic E-state index is 12.5. The fraction of sp³-hybridized carbons (Fsp3) is 0.381. The van der Waals surface area contributed by atoms with Crippen molar-refractivity contribution in [3.8, 4) is 5.75 Å². The number of halogens is 1. The fourth-order valence-corrected chi connectivity index (χ4v) is 4.21. The zero-order chi connectivity index (χ0) is 21.6. The van der Waals surface area contributed by atoms with Crippen molar-refractivity contribution in [2.24, 2.45) is 5.92 Å². The maximum atomic E-state index is 12.5. The van der Waals surface area contributed by atoms with Crippen LogP contribution in [0.15, 0.2) is 51.8 Å². The highest BCUT2D eigenvalue weighted by molar-refractivity contribution is 9.10. The van der Waals surface area contributed by atoms with Gasteiger partial charge in [-0.15, -0.1) is 0 Å². The van der Waals surface area contributed by atoms with Gasteiger partial charge in [-0.3, -0.25) is 4.79 Å². The molecule has 2 rings (SSSR count). The summed E-state index contributed by atoms with van der Waals surface area (Å²) in [6.07, 6.45) is 0.951. The van der Waals surface area contributed by atoms with Crippen molar-refractivity contribution in [1.29, 1.82) is 0 Å². The number of hydrogen-bond donors (Lipinski definition) is 2. The molecule has 0 heterocycles. The van der Waals surface area contributed by atoms with Crippen LogP contribution in [0.5, 0.6) is 5.75 Å². The normalized spacial score (nSPS) is 11.7. The van der Waals surface area contributed by atoms with Gasteiger partial charge in [-0.1, -0.05) is 13.8 Å². The molecule has 1 amide bonds. The van der Waals surface area contributed by atoms with Gasteiger partial charge in [0.25, 0.3) is 5.91 Å². The summed E-state index contributed by atoms with van der Waals surface area (Å²) in [5.41, 5.74) is 0.970. The molecule has 0 aliphatic heterocycles. The molecular formula is C21H27BrN2O4S. The molecule has 29 heavy (non-hydrogen) atoms. The molecule has 2 aromatic carbocycles. The molecule has 158 valence electrons. The Labute approximate surface area is 181 Å². The fourth-order valence-electron chi connectivity index (χ4n) is 2.46. The van der Waals surface area contributed by atoms with Crippen LogP contribution in [0.25, 0.3) is 0 Å². The molecule has 6 nitrogen and oxygen atoms in total. The van der Waals surface area contributed by atoms with Crippen LogP contribution in [0.1, 0.15) is 44.5 Å². The van der Waals surface area contributed by atoms with Crippen LogP contribution in [-0.2, 0) is 10.0 Å². The monoisotopic (exact) mass is 482 g/mol. The summed E-state index contributed by atoms with van der Waals surface area (Å²) in [5.74, 6) is 0.950. The summed E-state index contributed by atoms with van der Waals surface area (Å²) in [4.78, 5) is 12.7. The van der Waals surface area contributed by atoms with E-state index in [1.54, 1.807) is 44.2 Å². The minimum Gasteiger partial charge on any atom is -0.492 e. The van der Waals surface area contributed by atoms with E-state index in [9.17, 15) is 13.2 Å². The Balaban J connectivity index is 2.04. The maximum Gasteiger partial charge on any atom is 0.255 e. The van der Waals surface area contributed by atoms with Gasteiger partial charge in [-0.25, -0.2) is 13.1 Å². The van der Waals surface area contributed by atoms with E-state index in [4.69, 9.17) is 4.74 Å². The van der Waals surface area contributed by atoms with Crippen LogP contribution in [0.3, 0.4) is 0 Å². The number of sulfonamides is 1. The second kappa shape index (κ2) is 10.2. The minimum atomic E-state index is -3.56. The second-order valence-electron chi connectivity index (χ2n) is 7.43. The average molecular weight is 483 g/mol. The Hall–Kier alpha value is -1.90. The number of nitrogens with one attached hydrogen (secondary N) is 2. The molecular weight excluding hydrogens is 456 g/mol. The Morgan fingerprint density at radius 1 is 1.07 bits per heavy atom. The number of amides is 1. The quantitative estimate of drug-likeness (QED) is 0.536. The number of ether oxygens (including phenoxy) is 1. The predicted octanol–water partition coefficient (Wildman–Crippen LogP) is 4.81. The van der Waals surface area contributed by atoms with Gasteiger partial charge in [0.15, 0.2) is 0 Å². The number of anilines is 1. The van der Waals surface area contributed by atoms with Crippen LogP contribution in [0.4, 0.5) is 5.69 Å². The molecule has 0 aromatic heterocycles. The zero-order valence-electron chi connectivity index (χ0n) is 17.0. The highest BCUT2D eigenvalue weighted by atomic mass is 79.9. The average Bonchev–Trinajstić information content (AvgIpc) is 2.62. The second-order valence-corrected chi connectivity index (χ2v) is 10.00. The van der Waals surface area contributed by atoms with Crippen molar-refractivity contribution in [1.82, 2.24) is 4.72 Å². The van der Waals surface area contributed by atoms with Crippen molar-refractivity contribution >= 4 is 37.5 Å². The van der Waals surface area contributed by atoms with E-state index in [0.29, 0.717) is 34.0 Å². The first kappa shape index (κ1) is 23.4. The summed E-state index contributed by atoms with van der Waals surface area (Å²) >= 11 is 3.44. The molecule has 0 atom stereocenters. The summed E-state index contributed by atoms with van der Waals surface area (Å²) in [6, 6.07) is 11.0. The summed E-state index contributed by atoms with van der Waals surface area (Å²) in [5, 5.41) is 2.77. The lowest BCUT2D eigenvalue weighted by atomic mass is 10.1. The first-order valence-corrected chi connectivity index (χ1v) is 11.7. The van der Waals surface area contributed by atoms with Crippen molar-refractivity contribution < 1.29 is 17.9 Å². The number of benzene rings is 2. The van der Waals surface area contributed by atoms with Gasteiger partial charge in [0.1, 0.15) is 5.75 Å². The molecule has 0 saturated carbocycles. The Kier molecular flexibility index (Phi) is 8.24. The third-order valence-electron chi connectivity index (χ3n) is 3.96. The topological polar surface area (TPSA) is 84.5 Å². The zero-order valence-corrected chi connectivity index (χ0v) is 19.4. The van der Waals surface area contributed by atoms with Crippen molar-refractivity contribution in [2.45, 2.75) is 45.1 Å². The van der Waals surface area contributed by atoms with E-state index < -0.39 is 10.0 Å². The molecule has 0 radical (unpaired) electrons. The summed E-state index contributed by atoms with van der Waals surface area (Å²) in [6.45, 7) is 8.39. The number of carbonyl (C=O) groups excluding carboxylic acids is 1. The van der Waals surface area contributed by atoms with Crippen LogP contribution < -0.4 is 14.8 Å². The van der Waals surface area contributed by atoms with Crippen molar-refractivity contribution in [2.75, 3.05) is 11.9 Å². The third-order valence-corrected chi connectivity index (χ3v) is 6.25. The van der Waals surface area contributed by atoms with Gasteiger partial charge < -0.3 is 10.1 Å². The number of hydrogen-bond acceptors (Lipinski definition) is 4. The van der Waals surface area contributed by atoms with Gasteiger partial charge in [0.05, 0.1) is 16.0 Å². The van der Waals surface area contributed by atoms with Gasteiger partial charge in [0.2, 0.25) is 10.0 Å². The van der Waals surface area contributed by atoms with E-state index >= 15 is 0 Å². The highest BCUT2D eigenvalue weighted by Gasteiger charge is 2.15.